The van der Waals surface area contributed by atoms with Crippen LogP contribution in [0.1, 0.15) is 42.6 Å². The lowest BCUT2D eigenvalue weighted by molar-refractivity contribution is 0.0695. The molecule has 0 amide bonds. The standard InChI is InChI=1S/C22H26FN3O4/c1-12-10-25(8-6-13(12)5-7-24)19-17(23)9-15-18(21(19)30-2)26(14-3-4-14)11-16(20(15)27)22(28)29/h5,9,11-12,14H,3-4,6-8,10,24H2,1-2H3,(H,28,29)/b13-5+. The summed E-state index contributed by atoms with van der Waals surface area (Å²) < 4.78 is 22.8. The van der Waals surface area contributed by atoms with Crippen LogP contribution in [0.3, 0.4) is 0 Å². The number of carboxylic acids is 1. The van der Waals surface area contributed by atoms with Crippen LogP contribution in [0.4, 0.5) is 10.1 Å². The Morgan fingerprint density at radius 3 is 2.73 bits per heavy atom. The molecule has 30 heavy (non-hydrogen) atoms. The molecular weight excluding hydrogens is 389 g/mol. The number of hydrogen-bond donors (Lipinski definition) is 2. The van der Waals surface area contributed by atoms with Gasteiger partial charge in [-0.25, -0.2) is 9.18 Å². The van der Waals surface area contributed by atoms with Gasteiger partial charge in [-0.1, -0.05) is 18.6 Å². The van der Waals surface area contributed by atoms with Crippen molar-refractivity contribution in [1.29, 1.82) is 0 Å². The fourth-order valence-corrected chi connectivity index (χ4v) is 4.43. The van der Waals surface area contributed by atoms with Gasteiger partial charge in [0.15, 0.2) is 11.6 Å². The van der Waals surface area contributed by atoms with Gasteiger partial charge in [0.2, 0.25) is 5.43 Å². The minimum absolute atomic E-state index is 0.0358. The number of piperidine rings is 1. The van der Waals surface area contributed by atoms with Gasteiger partial charge in [-0.2, -0.15) is 0 Å². The number of fused-ring (bicyclic) bond motifs is 1. The van der Waals surface area contributed by atoms with Crippen LogP contribution >= 0.6 is 0 Å². The normalized spacial score (nSPS) is 20.7. The molecule has 0 bridgehead atoms. The number of anilines is 1. The molecule has 1 aromatic carbocycles. The summed E-state index contributed by atoms with van der Waals surface area (Å²) in [6.07, 6.45) is 5.91. The third-order valence-electron chi connectivity index (χ3n) is 6.07. The summed E-state index contributed by atoms with van der Waals surface area (Å²) in [6.45, 7) is 3.77. The first-order chi connectivity index (χ1) is 14.4. The number of nitrogens with zero attached hydrogens (tertiary/aromatic N) is 2. The molecule has 1 aliphatic carbocycles. The Kier molecular flexibility index (Phi) is 5.27. The van der Waals surface area contributed by atoms with Gasteiger partial charge in [-0.3, -0.25) is 4.79 Å². The van der Waals surface area contributed by atoms with Crippen LogP contribution < -0.4 is 20.8 Å². The third-order valence-corrected chi connectivity index (χ3v) is 6.07. The second-order valence-corrected chi connectivity index (χ2v) is 8.06. The van der Waals surface area contributed by atoms with E-state index in [4.69, 9.17) is 10.5 Å². The summed E-state index contributed by atoms with van der Waals surface area (Å²) in [5.41, 5.74) is 6.64. The predicted octanol–water partition coefficient (Wildman–Crippen LogP) is 2.91. The first-order valence-electron chi connectivity index (χ1n) is 10.2. The SMILES string of the molecule is COc1c(N2CC/C(=C\CN)C(C)C2)c(F)cc2c(=O)c(C(=O)O)cn(C3CC3)c12. The molecule has 2 aliphatic rings. The van der Waals surface area contributed by atoms with Crippen LogP contribution in [0.15, 0.2) is 28.7 Å². The molecule has 1 aliphatic heterocycles. The molecule has 2 fully saturated rings. The zero-order valence-corrected chi connectivity index (χ0v) is 17.2. The average Bonchev–Trinajstić information content (AvgIpc) is 3.54. The van der Waals surface area contributed by atoms with Gasteiger partial charge >= 0.3 is 5.97 Å². The number of benzene rings is 1. The monoisotopic (exact) mass is 415 g/mol. The van der Waals surface area contributed by atoms with Crippen LogP contribution in [-0.2, 0) is 0 Å². The molecule has 2 heterocycles. The number of aromatic carboxylic acids is 1. The smallest absolute Gasteiger partial charge is 0.341 e. The Bertz CT molecular complexity index is 1100. The first kappa shape index (κ1) is 20.4. The number of rotatable bonds is 5. The van der Waals surface area contributed by atoms with Crippen molar-refractivity contribution in [2.75, 3.05) is 31.6 Å². The van der Waals surface area contributed by atoms with Crippen molar-refractivity contribution in [2.45, 2.75) is 32.2 Å². The Labute approximate surface area is 173 Å². The minimum atomic E-state index is -1.32. The second-order valence-electron chi connectivity index (χ2n) is 8.06. The molecule has 7 nitrogen and oxygen atoms in total. The second kappa shape index (κ2) is 7.75. The van der Waals surface area contributed by atoms with Gasteiger partial charge in [-0.05, 0) is 31.2 Å². The van der Waals surface area contributed by atoms with Crippen molar-refractivity contribution in [3.63, 3.8) is 0 Å². The van der Waals surface area contributed by atoms with E-state index in [1.807, 2.05) is 11.0 Å². The lowest BCUT2D eigenvalue weighted by Gasteiger charge is -2.36. The quantitative estimate of drug-likeness (QED) is 0.729. The number of carbonyl (C=O) groups is 1. The van der Waals surface area contributed by atoms with Crippen molar-refractivity contribution >= 4 is 22.6 Å². The number of halogens is 1. The Hall–Kier alpha value is -2.87. The van der Waals surface area contributed by atoms with Gasteiger partial charge < -0.3 is 25.0 Å². The molecule has 4 rings (SSSR count). The summed E-state index contributed by atoms with van der Waals surface area (Å²) in [7, 11) is 1.46. The Morgan fingerprint density at radius 2 is 2.17 bits per heavy atom. The molecule has 0 spiro atoms. The fraction of sp³-hybridized carbons (Fsp3) is 0.455. The molecule has 1 saturated carbocycles. The Morgan fingerprint density at radius 1 is 1.43 bits per heavy atom. The molecule has 1 atom stereocenters. The zero-order chi connectivity index (χ0) is 21.6. The highest BCUT2D eigenvalue weighted by atomic mass is 19.1. The molecule has 8 heteroatoms. The maximum Gasteiger partial charge on any atom is 0.341 e. The highest BCUT2D eigenvalue weighted by Crippen LogP contribution is 2.44. The maximum atomic E-state index is 15.3. The number of pyridine rings is 1. The van der Waals surface area contributed by atoms with Crippen LogP contribution in [0.2, 0.25) is 0 Å². The summed E-state index contributed by atoms with van der Waals surface area (Å²) in [4.78, 5) is 26.3. The van der Waals surface area contributed by atoms with E-state index in [-0.39, 0.29) is 28.7 Å². The van der Waals surface area contributed by atoms with Crippen molar-refractivity contribution in [2.24, 2.45) is 11.7 Å². The highest BCUT2D eigenvalue weighted by Gasteiger charge is 2.32. The van der Waals surface area contributed by atoms with Crippen molar-refractivity contribution in [1.82, 2.24) is 4.57 Å². The molecule has 0 radical (unpaired) electrons. The number of aromatic nitrogens is 1. The molecule has 2 aromatic rings. The van der Waals surface area contributed by atoms with Crippen molar-refractivity contribution in [3.05, 3.63) is 45.5 Å². The minimum Gasteiger partial charge on any atom is -0.492 e. The maximum absolute atomic E-state index is 15.3. The van der Waals surface area contributed by atoms with Gasteiger partial charge in [0.1, 0.15) is 11.3 Å². The zero-order valence-electron chi connectivity index (χ0n) is 17.2. The van der Waals surface area contributed by atoms with E-state index in [9.17, 15) is 14.7 Å². The fourth-order valence-electron chi connectivity index (χ4n) is 4.43. The number of ether oxygens (including phenoxy) is 1. The Balaban J connectivity index is 1.92. The summed E-state index contributed by atoms with van der Waals surface area (Å²) >= 11 is 0. The summed E-state index contributed by atoms with van der Waals surface area (Å²) in [5.74, 6) is -1.41. The molecule has 1 unspecified atom stereocenters. The van der Waals surface area contributed by atoms with Gasteiger partial charge in [0.25, 0.3) is 0 Å². The first-order valence-corrected chi connectivity index (χ1v) is 10.2. The third kappa shape index (κ3) is 3.35. The summed E-state index contributed by atoms with van der Waals surface area (Å²) in [6, 6.07) is 1.24. The van der Waals surface area contributed by atoms with Crippen LogP contribution in [-0.4, -0.2) is 42.4 Å². The van der Waals surface area contributed by atoms with E-state index in [1.165, 1.54) is 18.9 Å². The van der Waals surface area contributed by atoms with E-state index in [0.717, 1.165) is 25.3 Å². The number of hydrogen-bond acceptors (Lipinski definition) is 5. The van der Waals surface area contributed by atoms with Gasteiger partial charge in [-0.15, -0.1) is 0 Å². The summed E-state index contributed by atoms with van der Waals surface area (Å²) in [5, 5.41) is 9.48. The lowest BCUT2D eigenvalue weighted by atomic mass is 9.92. The van der Waals surface area contributed by atoms with E-state index < -0.39 is 17.2 Å². The molecule has 1 aromatic heterocycles. The van der Waals surface area contributed by atoms with E-state index in [1.54, 1.807) is 4.57 Å². The van der Waals surface area contributed by atoms with Crippen LogP contribution in [0, 0.1) is 11.7 Å². The number of methoxy groups -OCH3 is 1. The largest absolute Gasteiger partial charge is 0.492 e. The molecule has 160 valence electrons. The van der Waals surface area contributed by atoms with Gasteiger partial charge in [0, 0.05) is 31.9 Å². The lowest BCUT2D eigenvalue weighted by Crippen LogP contribution is -2.37. The topological polar surface area (TPSA) is 97.8 Å². The van der Waals surface area contributed by atoms with E-state index in [2.05, 4.69) is 6.92 Å². The van der Waals surface area contributed by atoms with Crippen LogP contribution in [0.25, 0.3) is 10.9 Å². The highest BCUT2D eigenvalue weighted by molar-refractivity contribution is 5.97. The number of nitrogens with two attached hydrogens (primary N) is 1. The molecule has 1 saturated heterocycles. The van der Waals surface area contributed by atoms with Crippen molar-refractivity contribution < 1.29 is 19.0 Å². The average molecular weight is 415 g/mol. The van der Waals surface area contributed by atoms with E-state index >= 15 is 4.39 Å². The van der Waals surface area contributed by atoms with Gasteiger partial charge in [0.05, 0.1) is 18.0 Å². The predicted molar refractivity (Wildman–Crippen MR) is 113 cm³/mol. The van der Waals surface area contributed by atoms with Crippen molar-refractivity contribution in [3.8, 4) is 5.75 Å². The number of carboxylic acid groups (broad SMARTS) is 1. The molecular formula is C22H26FN3O4. The van der Waals surface area contributed by atoms with E-state index in [0.29, 0.717) is 30.8 Å². The molecule has 3 N–H and O–H groups in total. The van der Waals surface area contributed by atoms with Crippen LogP contribution in [0.5, 0.6) is 5.75 Å².